The molecular formula is C25H26. The summed E-state index contributed by atoms with van der Waals surface area (Å²) in [4.78, 5) is 0. The van der Waals surface area contributed by atoms with Crippen LogP contribution in [0.4, 0.5) is 0 Å². The molecule has 0 aromatic heterocycles. The quantitative estimate of drug-likeness (QED) is 0.532. The smallest absolute Gasteiger partial charge is 0.0307 e. The maximum Gasteiger partial charge on any atom is 0.0307 e. The molecule has 25 heavy (non-hydrogen) atoms. The Kier molecular flexibility index (Phi) is 4.70. The van der Waals surface area contributed by atoms with Crippen LogP contribution in [0, 0.1) is 5.92 Å². The van der Waals surface area contributed by atoms with Crippen LogP contribution in [0.25, 0.3) is 0 Å². The van der Waals surface area contributed by atoms with Gasteiger partial charge in [0.15, 0.2) is 0 Å². The summed E-state index contributed by atoms with van der Waals surface area (Å²) >= 11 is 0. The molecule has 0 heteroatoms. The zero-order chi connectivity index (χ0) is 17.1. The highest BCUT2D eigenvalue weighted by Crippen LogP contribution is 2.51. The van der Waals surface area contributed by atoms with Crippen molar-refractivity contribution in [1.82, 2.24) is 0 Å². The normalized spacial score (nSPS) is 23.5. The third-order valence-electron chi connectivity index (χ3n) is 5.74. The molecule has 2 aliphatic rings. The molecule has 0 saturated heterocycles. The summed E-state index contributed by atoms with van der Waals surface area (Å²) in [5.41, 5.74) is 6.06. The van der Waals surface area contributed by atoms with Crippen LogP contribution < -0.4 is 0 Å². The molecule has 0 aliphatic heterocycles. The van der Waals surface area contributed by atoms with E-state index in [0.29, 0.717) is 17.8 Å². The summed E-state index contributed by atoms with van der Waals surface area (Å²) in [5, 5.41) is 0. The Morgan fingerprint density at radius 3 is 2.20 bits per heavy atom. The molecule has 1 unspecified atom stereocenters. The predicted octanol–water partition coefficient (Wildman–Crippen LogP) is 6.77. The molecule has 0 amide bonds. The third-order valence-corrected chi connectivity index (χ3v) is 5.74. The fraction of sp³-hybridized carbons (Fsp3) is 0.280. The van der Waals surface area contributed by atoms with E-state index in [1.807, 2.05) is 0 Å². The van der Waals surface area contributed by atoms with Gasteiger partial charge in [0.1, 0.15) is 0 Å². The Hall–Kier alpha value is -2.34. The van der Waals surface area contributed by atoms with Gasteiger partial charge in [-0.1, -0.05) is 97.0 Å². The van der Waals surface area contributed by atoms with Gasteiger partial charge in [0.05, 0.1) is 0 Å². The summed E-state index contributed by atoms with van der Waals surface area (Å²) in [7, 11) is 0. The standard InChI is InChI=1S/C25H26/c1-2-21-22(18-10-13-19-11-6-7-12-19)23-16-8-9-17-24(23)25(21)20-14-4-3-5-15-20/h2-9,11-12,14-17,19,22,25H,10,13,18H2,1H3/b21-2-/t22-,25?/m1/s1. The minimum atomic E-state index is 0.429. The van der Waals surface area contributed by atoms with Gasteiger partial charge in [-0.05, 0) is 42.4 Å². The minimum Gasteiger partial charge on any atom is -0.0869 e. The number of allylic oxidation sites excluding steroid dienone is 6. The lowest BCUT2D eigenvalue weighted by atomic mass is 9.85. The number of benzene rings is 2. The van der Waals surface area contributed by atoms with Crippen LogP contribution in [0.15, 0.2) is 90.6 Å². The van der Waals surface area contributed by atoms with Crippen molar-refractivity contribution < 1.29 is 0 Å². The first-order valence-electron chi connectivity index (χ1n) is 9.53. The predicted molar refractivity (Wildman–Crippen MR) is 107 cm³/mol. The number of hydrogen-bond acceptors (Lipinski definition) is 0. The van der Waals surface area contributed by atoms with Crippen LogP contribution >= 0.6 is 0 Å². The van der Waals surface area contributed by atoms with Gasteiger partial charge in [0.2, 0.25) is 0 Å². The summed E-state index contributed by atoms with van der Waals surface area (Å²) in [6.07, 6.45) is 15.2. The number of hydrogen-bond donors (Lipinski definition) is 0. The van der Waals surface area contributed by atoms with Crippen LogP contribution in [0.3, 0.4) is 0 Å². The fourth-order valence-electron chi connectivity index (χ4n) is 4.59. The molecular weight excluding hydrogens is 300 g/mol. The monoisotopic (exact) mass is 326 g/mol. The molecule has 126 valence electrons. The largest absolute Gasteiger partial charge is 0.0869 e. The maximum atomic E-state index is 2.37. The lowest BCUT2D eigenvalue weighted by Crippen LogP contribution is -2.02. The van der Waals surface area contributed by atoms with Crippen molar-refractivity contribution in [3.8, 4) is 0 Å². The molecule has 2 aromatic rings. The SMILES string of the molecule is C/C=C1\C(c2ccccc2)c2ccccc2[C@@H]1CCCC1C=CC=C1. The van der Waals surface area contributed by atoms with Crippen molar-refractivity contribution in [2.75, 3.05) is 0 Å². The summed E-state index contributed by atoms with van der Waals surface area (Å²) in [5.74, 6) is 1.65. The van der Waals surface area contributed by atoms with Crippen molar-refractivity contribution in [1.29, 1.82) is 0 Å². The summed E-state index contributed by atoms with van der Waals surface area (Å²) in [6, 6.07) is 20.1. The first kappa shape index (κ1) is 16.1. The number of fused-ring (bicyclic) bond motifs is 1. The second-order valence-corrected chi connectivity index (χ2v) is 7.18. The van der Waals surface area contributed by atoms with Crippen LogP contribution in [-0.2, 0) is 0 Å². The van der Waals surface area contributed by atoms with E-state index in [9.17, 15) is 0 Å². The molecule has 0 fully saturated rings. The lowest BCUT2D eigenvalue weighted by molar-refractivity contribution is 0.585. The molecule has 0 bridgehead atoms. The Labute approximate surface area is 151 Å². The maximum absolute atomic E-state index is 2.37. The van der Waals surface area contributed by atoms with Gasteiger partial charge in [-0.3, -0.25) is 0 Å². The van der Waals surface area contributed by atoms with Crippen molar-refractivity contribution in [2.24, 2.45) is 5.92 Å². The van der Waals surface area contributed by atoms with Crippen molar-refractivity contribution in [3.63, 3.8) is 0 Å². The average Bonchev–Trinajstić information content (AvgIpc) is 3.28. The first-order valence-corrected chi connectivity index (χ1v) is 9.53. The van der Waals surface area contributed by atoms with Crippen molar-refractivity contribution >= 4 is 0 Å². The van der Waals surface area contributed by atoms with Gasteiger partial charge >= 0.3 is 0 Å². The van der Waals surface area contributed by atoms with E-state index >= 15 is 0 Å². The Morgan fingerprint density at radius 1 is 0.800 bits per heavy atom. The van der Waals surface area contributed by atoms with E-state index < -0.39 is 0 Å². The van der Waals surface area contributed by atoms with E-state index in [1.165, 1.54) is 30.4 Å². The molecule has 2 aliphatic carbocycles. The van der Waals surface area contributed by atoms with Gasteiger partial charge in [0.25, 0.3) is 0 Å². The molecule has 0 saturated carbocycles. The van der Waals surface area contributed by atoms with Crippen LogP contribution in [0.5, 0.6) is 0 Å². The minimum absolute atomic E-state index is 0.429. The Morgan fingerprint density at radius 2 is 1.48 bits per heavy atom. The zero-order valence-corrected chi connectivity index (χ0v) is 14.9. The van der Waals surface area contributed by atoms with Crippen molar-refractivity contribution in [3.05, 3.63) is 107 Å². The van der Waals surface area contributed by atoms with Crippen LogP contribution in [-0.4, -0.2) is 0 Å². The van der Waals surface area contributed by atoms with Crippen LogP contribution in [0.1, 0.15) is 54.7 Å². The molecule has 4 rings (SSSR count). The van der Waals surface area contributed by atoms with Crippen molar-refractivity contribution in [2.45, 2.75) is 38.0 Å². The highest BCUT2D eigenvalue weighted by molar-refractivity contribution is 5.55. The van der Waals surface area contributed by atoms with Gasteiger partial charge in [-0.15, -0.1) is 0 Å². The first-order chi connectivity index (χ1) is 12.4. The van der Waals surface area contributed by atoms with E-state index in [1.54, 1.807) is 11.1 Å². The second-order valence-electron chi connectivity index (χ2n) is 7.18. The topological polar surface area (TPSA) is 0 Å². The second kappa shape index (κ2) is 7.27. The molecule has 0 heterocycles. The zero-order valence-electron chi connectivity index (χ0n) is 14.9. The van der Waals surface area contributed by atoms with E-state index in [2.05, 4.69) is 91.9 Å². The van der Waals surface area contributed by atoms with Gasteiger partial charge in [0, 0.05) is 11.8 Å². The lowest BCUT2D eigenvalue weighted by Gasteiger charge is -2.18. The molecule has 2 atom stereocenters. The van der Waals surface area contributed by atoms with E-state index in [-0.39, 0.29) is 0 Å². The van der Waals surface area contributed by atoms with E-state index in [0.717, 1.165) is 0 Å². The van der Waals surface area contributed by atoms with Gasteiger partial charge < -0.3 is 0 Å². The van der Waals surface area contributed by atoms with Gasteiger partial charge in [-0.2, -0.15) is 0 Å². The Balaban J connectivity index is 1.60. The molecule has 2 aromatic carbocycles. The summed E-state index contributed by atoms with van der Waals surface area (Å²) in [6.45, 7) is 2.21. The Bertz CT molecular complexity index is 795. The summed E-state index contributed by atoms with van der Waals surface area (Å²) < 4.78 is 0. The van der Waals surface area contributed by atoms with Crippen LogP contribution in [0.2, 0.25) is 0 Å². The molecule has 0 radical (unpaired) electrons. The highest BCUT2D eigenvalue weighted by atomic mass is 14.4. The molecule has 0 spiro atoms. The molecule has 0 N–H and O–H groups in total. The fourth-order valence-corrected chi connectivity index (χ4v) is 4.59. The number of rotatable bonds is 5. The van der Waals surface area contributed by atoms with E-state index in [4.69, 9.17) is 0 Å². The average molecular weight is 326 g/mol. The third kappa shape index (κ3) is 3.14. The van der Waals surface area contributed by atoms with Gasteiger partial charge in [-0.25, -0.2) is 0 Å². The molecule has 0 nitrogen and oxygen atoms in total. The highest BCUT2D eigenvalue weighted by Gasteiger charge is 2.35.